The van der Waals surface area contributed by atoms with Gasteiger partial charge in [0.2, 0.25) is 0 Å². The predicted octanol–water partition coefficient (Wildman–Crippen LogP) is 1.84. The van der Waals surface area contributed by atoms with Gasteiger partial charge in [0.25, 0.3) is 0 Å². The van der Waals surface area contributed by atoms with Crippen LogP contribution in [0.15, 0.2) is 18.2 Å². The van der Waals surface area contributed by atoms with Gasteiger partial charge in [-0.3, -0.25) is 9.88 Å². The normalized spacial score (nSPS) is 23.2. The summed E-state index contributed by atoms with van der Waals surface area (Å²) in [4.78, 5) is 7.07. The second-order valence-electron chi connectivity index (χ2n) is 5.62. The zero-order valence-electron chi connectivity index (χ0n) is 12.9. The van der Waals surface area contributed by atoms with Crippen molar-refractivity contribution in [2.24, 2.45) is 5.92 Å². The van der Waals surface area contributed by atoms with Crippen molar-refractivity contribution in [3.63, 3.8) is 0 Å². The molecule has 0 spiro atoms. The minimum absolute atomic E-state index is 0.568. The Morgan fingerprint density at radius 3 is 3.00 bits per heavy atom. The smallest absolute Gasteiger partial charge is 0.0547 e. The van der Waals surface area contributed by atoms with E-state index in [9.17, 15) is 0 Å². The van der Waals surface area contributed by atoms with Crippen molar-refractivity contribution in [1.82, 2.24) is 15.2 Å². The van der Waals surface area contributed by atoms with Crippen LogP contribution in [0.1, 0.15) is 24.7 Å². The van der Waals surface area contributed by atoms with Gasteiger partial charge in [0.1, 0.15) is 0 Å². The first-order valence-corrected chi connectivity index (χ1v) is 7.62. The summed E-state index contributed by atoms with van der Waals surface area (Å²) < 4.78 is 5.65. The predicted molar refractivity (Wildman–Crippen MR) is 81.7 cm³/mol. The first kappa shape index (κ1) is 15.4. The molecule has 0 saturated carbocycles. The number of ether oxygens (including phenoxy) is 1. The Bertz CT molecular complexity index is 410. The van der Waals surface area contributed by atoms with Crippen LogP contribution >= 0.6 is 0 Å². The molecule has 4 nitrogen and oxygen atoms in total. The minimum atomic E-state index is 0.568. The third kappa shape index (κ3) is 4.27. The summed E-state index contributed by atoms with van der Waals surface area (Å²) in [5, 5.41) is 3.43. The second-order valence-corrected chi connectivity index (χ2v) is 5.62. The number of aryl methyl sites for hydroxylation is 1. The number of nitrogens with one attached hydrogen (secondary N) is 1. The zero-order chi connectivity index (χ0) is 14.4. The molecule has 0 aromatic carbocycles. The van der Waals surface area contributed by atoms with Gasteiger partial charge in [-0.25, -0.2) is 0 Å². The van der Waals surface area contributed by atoms with Crippen LogP contribution in [0.5, 0.6) is 0 Å². The third-order valence-corrected chi connectivity index (χ3v) is 4.12. The molecule has 0 radical (unpaired) electrons. The van der Waals surface area contributed by atoms with E-state index in [-0.39, 0.29) is 0 Å². The van der Waals surface area contributed by atoms with Crippen LogP contribution < -0.4 is 5.32 Å². The fraction of sp³-hybridized carbons (Fsp3) is 0.688. The summed E-state index contributed by atoms with van der Waals surface area (Å²) in [6, 6.07) is 6.82. The van der Waals surface area contributed by atoms with Crippen molar-refractivity contribution in [2.75, 3.05) is 33.4 Å². The summed E-state index contributed by atoms with van der Waals surface area (Å²) in [7, 11) is 2.06. The molecular formula is C16H27N3O. The Labute approximate surface area is 122 Å². The molecule has 0 aliphatic carbocycles. The average Bonchev–Trinajstić information content (AvgIpc) is 2.47. The molecule has 1 fully saturated rings. The summed E-state index contributed by atoms with van der Waals surface area (Å²) in [6.45, 7) is 9.04. The van der Waals surface area contributed by atoms with Gasteiger partial charge >= 0.3 is 0 Å². The molecule has 2 heterocycles. The monoisotopic (exact) mass is 277 g/mol. The molecule has 1 aromatic rings. The molecule has 0 amide bonds. The maximum absolute atomic E-state index is 5.65. The van der Waals surface area contributed by atoms with Crippen molar-refractivity contribution in [3.05, 3.63) is 29.6 Å². The Kier molecular flexibility index (Phi) is 5.95. The van der Waals surface area contributed by atoms with E-state index in [1.807, 2.05) is 13.0 Å². The minimum Gasteiger partial charge on any atom is -0.381 e. The summed E-state index contributed by atoms with van der Waals surface area (Å²) in [5.74, 6) is 0.568. The van der Waals surface area contributed by atoms with Crippen LogP contribution in [-0.2, 0) is 11.3 Å². The number of rotatable bonds is 6. The first-order chi connectivity index (χ1) is 9.72. The van der Waals surface area contributed by atoms with Crippen LogP contribution in [0.25, 0.3) is 0 Å². The number of hydrogen-bond acceptors (Lipinski definition) is 4. The quantitative estimate of drug-likeness (QED) is 0.861. The molecule has 1 aliphatic heterocycles. The lowest BCUT2D eigenvalue weighted by atomic mass is 9.95. The molecule has 20 heavy (non-hydrogen) atoms. The van der Waals surface area contributed by atoms with Gasteiger partial charge in [-0.2, -0.15) is 0 Å². The van der Waals surface area contributed by atoms with E-state index in [1.165, 1.54) is 0 Å². The molecule has 1 aromatic heterocycles. The Morgan fingerprint density at radius 1 is 1.45 bits per heavy atom. The lowest BCUT2D eigenvalue weighted by Crippen LogP contribution is -2.46. The maximum atomic E-state index is 5.65. The van der Waals surface area contributed by atoms with Crippen molar-refractivity contribution in [1.29, 1.82) is 0 Å². The fourth-order valence-electron chi connectivity index (χ4n) is 2.91. The van der Waals surface area contributed by atoms with Gasteiger partial charge in [-0.1, -0.05) is 13.0 Å². The molecule has 1 saturated heterocycles. The van der Waals surface area contributed by atoms with Crippen LogP contribution in [0.2, 0.25) is 0 Å². The van der Waals surface area contributed by atoms with Crippen LogP contribution in [0.4, 0.5) is 0 Å². The maximum Gasteiger partial charge on any atom is 0.0547 e. The second kappa shape index (κ2) is 7.72. The number of nitrogens with zero attached hydrogens (tertiary/aromatic N) is 2. The summed E-state index contributed by atoms with van der Waals surface area (Å²) in [5.41, 5.74) is 2.25. The highest BCUT2D eigenvalue weighted by Gasteiger charge is 2.26. The number of pyridine rings is 1. The van der Waals surface area contributed by atoms with E-state index in [0.29, 0.717) is 12.0 Å². The topological polar surface area (TPSA) is 37.4 Å². The van der Waals surface area contributed by atoms with Gasteiger partial charge in [-0.05, 0) is 39.1 Å². The van der Waals surface area contributed by atoms with Crippen molar-refractivity contribution in [3.8, 4) is 0 Å². The SMILES string of the molecule is CCN(Cc1cccc(C)n1)CC1COCCC1NC. The highest BCUT2D eigenvalue weighted by Crippen LogP contribution is 2.17. The van der Waals surface area contributed by atoms with E-state index in [1.54, 1.807) is 0 Å². The van der Waals surface area contributed by atoms with E-state index in [4.69, 9.17) is 4.74 Å². The van der Waals surface area contributed by atoms with Gasteiger partial charge in [0.05, 0.1) is 12.3 Å². The highest BCUT2D eigenvalue weighted by atomic mass is 16.5. The Morgan fingerprint density at radius 2 is 2.30 bits per heavy atom. The summed E-state index contributed by atoms with van der Waals surface area (Å²) in [6.07, 6.45) is 1.11. The lowest BCUT2D eigenvalue weighted by molar-refractivity contribution is 0.0178. The lowest BCUT2D eigenvalue weighted by Gasteiger charge is -2.35. The highest BCUT2D eigenvalue weighted by molar-refractivity contribution is 5.09. The van der Waals surface area contributed by atoms with Gasteiger partial charge in [0.15, 0.2) is 0 Å². The number of aromatic nitrogens is 1. The molecule has 2 unspecified atom stereocenters. The molecule has 1 N–H and O–H groups in total. The molecule has 2 rings (SSSR count). The molecule has 2 atom stereocenters. The Hall–Kier alpha value is -0.970. The fourth-order valence-corrected chi connectivity index (χ4v) is 2.91. The van der Waals surface area contributed by atoms with Crippen molar-refractivity contribution >= 4 is 0 Å². The van der Waals surface area contributed by atoms with Gasteiger partial charge < -0.3 is 10.1 Å². The van der Waals surface area contributed by atoms with E-state index in [0.717, 1.165) is 50.7 Å². The van der Waals surface area contributed by atoms with E-state index >= 15 is 0 Å². The standard InChI is InChI=1S/C16H27N3O/c1-4-19(11-15-7-5-6-13(2)18-15)10-14-12-20-9-8-16(14)17-3/h5-7,14,16-17H,4,8-12H2,1-3H3. The number of hydrogen-bond donors (Lipinski definition) is 1. The van der Waals surface area contributed by atoms with E-state index in [2.05, 4.69) is 41.3 Å². The average molecular weight is 277 g/mol. The van der Waals surface area contributed by atoms with Crippen LogP contribution in [0.3, 0.4) is 0 Å². The largest absolute Gasteiger partial charge is 0.381 e. The zero-order valence-corrected chi connectivity index (χ0v) is 12.9. The van der Waals surface area contributed by atoms with E-state index < -0.39 is 0 Å². The molecule has 0 bridgehead atoms. The molecule has 1 aliphatic rings. The molecule has 112 valence electrons. The third-order valence-electron chi connectivity index (χ3n) is 4.12. The van der Waals surface area contributed by atoms with Crippen LogP contribution in [-0.4, -0.2) is 49.3 Å². The van der Waals surface area contributed by atoms with Crippen LogP contribution in [0, 0.1) is 12.8 Å². The Balaban J connectivity index is 1.94. The molecular weight excluding hydrogens is 250 g/mol. The van der Waals surface area contributed by atoms with Gasteiger partial charge in [0, 0.05) is 37.4 Å². The van der Waals surface area contributed by atoms with Gasteiger partial charge in [-0.15, -0.1) is 0 Å². The van der Waals surface area contributed by atoms with Crippen molar-refractivity contribution in [2.45, 2.75) is 32.9 Å². The first-order valence-electron chi connectivity index (χ1n) is 7.62. The van der Waals surface area contributed by atoms with Crippen molar-refractivity contribution < 1.29 is 4.74 Å². The summed E-state index contributed by atoms with van der Waals surface area (Å²) >= 11 is 0. The molecule has 4 heteroatoms.